The van der Waals surface area contributed by atoms with Crippen LogP contribution in [0.2, 0.25) is 0 Å². The Kier molecular flexibility index (Phi) is 6.64. The van der Waals surface area contributed by atoms with E-state index in [0.717, 1.165) is 13.0 Å². The van der Waals surface area contributed by atoms with Crippen LogP contribution >= 0.6 is 0 Å². The van der Waals surface area contributed by atoms with Gasteiger partial charge in [-0.2, -0.15) is 13.2 Å². The van der Waals surface area contributed by atoms with Gasteiger partial charge >= 0.3 is 6.18 Å². The molecule has 2 aromatic rings. The summed E-state index contributed by atoms with van der Waals surface area (Å²) < 4.78 is 66.4. The molecule has 1 aromatic heterocycles. The van der Waals surface area contributed by atoms with Crippen molar-refractivity contribution in [2.45, 2.75) is 50.5 Å². The van der Waals surface area contributed by atoms with Crippen LogP contribution in [0.25, 0.3) is 0 Å². The number of methoxy groups -OCH3 is 1. The van der Waals surface area contributed by atoms with E-state index < -0.39 is 47.9 Å². The molecule has 0 radical (unpaired) electrons. The van der Waals surface area contributed by atoms with Gasteiger partial charge < -0.3 is 20.5 Å². The Balaban J connectivity index is 2.03. The van der Waals surface area contributed by atoms with Crippen molar-refractivity contribution >= 4 is 17.5 Å². The number of nitrogens with two attached hydrogens (primary N) is 1. The molecule has 11 heteroatoms. The van der Waals surface area contributed by atoms with Crippen LogP contribution < -0.4 is 15.8 Å². The van der Waals surface area contributed by atoms with Crippen molar-refractivity contribution in [3.8, 4) is 5.75 Å². The number of hydrogen-bond acceptors (Lipinski definition) is 5. The van der Waals surface area contributed by atoms with Gasteiger partial charge in [-0.15, -0.1) is 0 Å². The Bertz CT molecular complexity index is 1080. The van der Waals surface area contributed by atoms with Crippen LogP contribution in [-0.2, 0) is 16.0 Å². The zero-order chi connectivity index (χ0) is 24.6. The summed E-state index contributed by atoms with van der Waals surface area (Å²) in [5.74, 6) is -3.29. The third-order valence-corrected chi connectivity index (χ3v) is 5.69. The molecule has 1 aliphatic rings. The second kappa shape index (κ2) is 8.97. The van der Waals surface area contributed by atoms with Crippen LogP contribution in [0, 0.1) is 5.82 Å². The van der Waals surface area contributed by atoms with Gasteiger partial charge in [-0.3, -0.25) is 14.6 Å². The average Bonchev–Trinajstić information content (AvgIpc) is 3.12. The van der Waals surface area contributed by atoms with E-state index in [4.69, 9.17) is 15.2 Å². The summed E-state index contributed by atoms with van der Waals surface area (Å²) >= 11 is 0. The maximum Gasteiger partial charge on any atom is 0.417 e. The highest BCUT2D eigenvalue weighted by atomic mass is 19.4. The van der Waals surface area contributed by atoms with Crippen LogP contribution in [0.5, 0.6) is 5.75 Å². The van der Waals surface area contributed by atoms with Crippen molar-refractivity contribution in [2.75, 3.05) is 12.4 Å². The fourth-order valence-corrected chi connectivity index (χ4v) is 3.97. The average molecular weight is 469 g/mol. The molecule has 0 aliphatic carbocycles. The van der Waals surface area contributed by atoms with Gasteiger partial charge in [-0.25, -0.2) is 4.39 Å². The van der Waals surface area contributed by atoms with Crippen LogP contribution in [0.15, 0.2) is 30.5 Å². The summed E-state index contributed by atoms with van der Waals surface area (Å²) in [5, 5.41) is 2.45. The van der Waals surface area contributed by atoms with Gasteiger partial charge in [0, 0.05) is 28.9 Å². The Hall–Kier alpha value is -3.21. The maximum atomic E-state index is 14.3. The fraction of sp³-hybridized carbons (Fsp3) is 0.409. The van der Waals surface area contributed by atoms with Crippen molar-refractivity contribution in [3.63, 3.8) is 0 Å². The Morgan fingerprint density at radius 1 is 1.33 bits per heavy atom. The number of alkyl halides is 3. The minimum atomic E-state index is -4.77. The number of benzene rings is 1. The lowest BCUT2D eigenvalue weighted by molar-refractivity contribution is -0.261. The summed E-state index contributed by atoms with van der Waals surface area (Å²) in [5.41, 5.74) is 2.95. The summed E-state index contributed by atoms with van der Waals surface area (Å²) in [6.45, 7) is 2.54. The lowest BCUT2D eigenvalue weighted by Crippen LogP contribution is -2.43. The Morgan fingerprint density at radius 3 is 2.61 bits per heavy atom. The Labute approximate surface area is 187 Å². The van der Waals surface area contributed by atoms with Crippen LogP contribution in [0.1, 0.15) is 47.8 Å². The van der Waals surface area contributed by atoms with Gasteiger partial charge in [0.25, 0.3) is 11.8 Å². The number of ether oxygens (including phenoxy) is 2. The normalized spacial score (nSPS) is 22.8. The lowest BCUT2D eigenvalue weighted by atomic mass is 9.84. The number of nitrogens with zero attached hydrogens (tertiary/aromatic N) is 1. The molecule has 0 unspecified atom stereocenters. The highest BCUT2D eigenvalue weighted by Gasteiger charge is 2.61. The van der Waals surface area contributed by atoms with Crippen LogP contribution in [-0.4, -0.2) is 41.8 Å². The van der Waals surface area contributed by atoms with E-state index in [9.17, 15) is 27.2 Å². The summed E-state index contributed by atoms with van der Waals surface area (Å²) in [4.78, 5) is 28.2. The number of pyridine rings is 1. The number of rotatable bonds is 6. The van der Waals surface area contributed by atoms with Gasteiger partial charge in [0.05, 0.1) is 7.11 Å². The molecule has 178 valence electrons. The zero-order valence-electron chi connectivity index (χ0n) is 18.1. The number of aromatic nitrogens is 1. The SMILES string of the molecule is CCc1c(F)ccc([C@@H]2C[C@](C)(C(F)(F)F)O[C@H]2C(=O)Nc2ccnc(C(N)=O)c2)c1OC. The molecule has 33 heavy (non-hydrogen) atoms. The van der Waals surface area contributed by atoms with Crippen LogP contribution in [0.3, 0.4) is 0 Å². The maximum absolute atomic E-state index is 14.3. The van der Waals surface area contributed by atoms with E-state index in [1.807, 2.05) is 0 Å². The summed E-state index contributed by atoms with van der Waals surface area (Å²) in [6.07, 6.45) is -5.47. The Morgan fingerprint density at radius 2 is 2.03 bits per heavy atom. The minimum absolute atomic E-state index is 0.0789. The summed E-state index contributed by atoms with van der Waals surface area (Å²) in [6, 6.07) is 4.99. The molecule has 1 aliphatic heterocycles. The van der Waals surface area contributed by atoms with E-state index >= 15 is 0 Å². The second-order valence-electron chi connectivity index (χ2n) is 7.86. The molecule has 2 amide bonds. The molecule has 0 bridgehead atoms. The monoisotopic (exact) mass is 469 g/mol. The molecule has 1 saturated heterocycles. The van der Waals surface area contributed by atoms with Crippen LogP contribution in [0.4, 0.5) is 23.2 Å². The first-order chi connectivity index (χ1) is 15.4. The fourth-order valence-electron chi connectivity index (χ4n) is 3.97. The minimum Gasteiger partial charge on any atom is -0.496 e. The molecule has 3 rings (SSSR count). The topological polar surface area (TPSA) is 104 Å². The first kappa shape index (κ1) is 24.4. The van der Waals surface area contributed by atoms with Crippen molar-refractivity contribution in [1.82, 2.24) is 4.98 Å². The molecule has 0 saturated carbocycles. The number of nitrogens with one attached hydrogen (secondary N) is 1. The van der Waals surface area contributed by atoms with E-state index in [1.165, 1.54) is 31.5 Å². The van der Waals surface area contributed by atoms with Gasteiger partial charge in [0.15, 0.2) is 5.60 Å². The zero-order valence-corrected chi connectivity index (χ0v) is 18.1. The van der Waals surface area contributed by atoms with E-state index in [2.05, 4.69) is 10.3 Å². The van der Waals surface area contributed by atoms with Crippen molar-refractivity contribution in [1.29, 1.82) is 0 Å². The van der Waals surface area contributed by atoms with Gasteiger partial charge in [-0.05, 0) is 38.0 Å². The number of amides is 2. The van der Waals surface area contributed by atoms with Crippen molar-refractivity contribution in [2.24, 2.45) is 5.73 Å². The number of anilines is 1. The number of carbonyl (C=O) groups excluding carboxylic acids is 2. The molecule has 7 nitrogen and oxygen atoms in total. The smallest absolute Gasteiger partial charge is 0.417 e. The van der Waals surface area contributed by atoms with Crippen molar-refractivity contribution < 1.29 is 36.6 Å². The van der Waals surface area contributed by atoms with E-state index in [-0.39, 0.29) is 34.7 Å². The second-order valence-corrected chi connectivity index (χ2v) is 7.86. The third kappa shape index (κ3) is 4.63. The van der Waals surface area contributed by atoms with Gasteiger partial charge in [-0.1, -0.05) is 13.0 Å². The quantitative estimate of drug-likeness (QED) is 0.628. The predicted molar refractivity (Wildman–Crippen MR) is 110 cm³/mol. The first-order valence-electron chi connectivity index (χ1n) is 10.1. The van der Waals surface area contributed by atoms with Gasteiger partial charge in [0.2, 0.25) is 0 Å². The number of primary amides is 1. The predicted octanol–water partition coefficient (Wildman–Crippen LogP) is 3.72. The molecule has 3 atom stereocenters. The number of halogens is 4. The molecule has 1 aromatic carbocycles. The standard InChI is InChI=1S/C22H23F4N3O4/c1-4-12-15(23)6-5-13(17(12)32-3)14-10-21(2,22(24,25)26)33-18(14)20(31)29-11-7-8-28-16(9-11)19(27)30/h5-9,14,18H,4,10H2,1-3H3,(H2,27,30)(H,28,29,31)/t14-,18+,21+/m0/s1. The molecule has 0 spiro atoms. The third-order valence-electron chi connectivity index (χ3n) is 5.69. The van der Waals surface area contributed by atoms with E-state index in [1.54, 1.807) is 6.92 Å². The summed E-state index contributed by atoms with van der Waals surface area (Å²) in [7, 11) is 1.29. The molecule has 1 fully saturated rings. The molecule has 2 heterocycles. The highest BCUT2D eigenvalue weighted by Crippen LogP contribution is 2.51. The van der Waals surface area contributed by atoms with Crippen molar-refractivity contribution in [3.05, 3.63) is 53.1 Å². The number of carbonyl (C=O) groups is 2. The highest BCUT2D eigenvalue weighted by molar-refractivity contribution is 5.97. The lowest BCUT2D eigenvalue weighted by Gasteiger charge is -2.27. The molecule has 3 N–H and O–H groups in total. The first-order valence-corrected chi connectivity index (χ1v) is 10.1. The molecular formula is C22H23F4N3O4. The molecular weight excluding hydrogens is 446 g/mol. The van der Waals surface area contributed by atoms with Gasteiger partial charge in [0.1, 0.15) is 23.4 Å². The number of hydrogen-bond donors (Lipinski definition) is 2. The largest absolute Gasteiger partial charge is 0.496 e. The van der Waals surface area contributed by atoms with E-state index in [0.29, 0.717) is 0 Å².